The van der Waals surface area contributed by atoms with Gasteiger partial charge in [-0.1, -0.05) is 0 Å². The number of hydrogen-bond acceptors (Lipinski definition) is 4. The van der Waals surface area contributed by atoms with Crippen LogP contribution in [0.3, 0.4) is 0 Å². The molecule has 1 amide bonds. The van der Waals surface area contributed by atoms with Crippen molar-refractivity contribution >= 4 is 17.3 Å². The molecule has 2 heterocycles. The third-order valence-electron chi connectivity index (χ3n) is 2.72. The normalized spacial score (nSPS) is 10.0. The molecule has 98 valence electrons. The highest BCUT2D eigenvalue weighted by Gasteiger charge is 2.12. The number of carbonyl (C=O) groups is 1. The molecule has 0 radical (unpaired) electrons. The average molecular weight is 256 g/mol. The van der Waals surface area contributed by atoms with E-state index in [9.17, 15) is 4.79 Å². The molecule has 0 aromatic carbocycles. The molecule has 5 nitrogen and oxygen atoms in total. The zero-order valence-corrected chi connectivity index (χ0v) is 11.0. The molecular weight excluding hydrogens is 240 g/mol. The minimum Gasteiger partial charge on any atom is -0.383 e. The summed E-state index contributed by atoms with van der Waals surface area (Å²) in [5.41, 5.74) is 2.98. The first-order valence-corrected chi connectivity index (χ1v) is 6.12. The molecule has 0 saturated heterocycles. The molecule has 2 rings (SSSR count). The maximum Gasteiger partial charge on any atom is 0.257 e. The lowest BCUT2D eigenvalue weighted by molar-refractivity contribution is 0.102. The fourth-order valence-corrected chi connectivity index (χ4v) is 1.71. The van der Waals surface area contributed by atoms with Gasteiger partial charge in [-0.25, -0.2) is 0 Å². The van der Waals surface area contributed by atoms with E-state index in [0.29, 0.717) is 11.3 Å². The molecule has 0 unspecified atom stereocenters. The number of aryl methyl sites for hydroxylation is 1. The number of nitrogens with zero attached hydrogens (tertiary/aromatic N) is 2. The van der Waals surface area contributed by atoms with Crippen LogP contribution in [0.4, 0.5) is 11.4 Å². The van der Waals surface area contributed by atoms with E-state index in [1.807, 2.05) is 19.9 Å². The Morgan fingerprint density at radius 2 is 1.84 bits per heavy atom. The number of hydrogen-bond donors (Lipinski definition) is 2. The number of amides is 1. The summed E-state index contributed by atoms with van der Waals surface area (Å²) in [7, 11) is 0. The van der Waals surface area contributed by atoms with E-state index in [1.165, 1.54) is 0 Å². The quantitative estimate of drug-likeness (QED) is 0.881. The van der Waals surface area contributed by atoms with E-state index < -0.39 is 0 Å². The Balaban J connectivity index is 2.23. The van der Waals surface area contributed by atoms with Crippen molar-refractivity contribution in [2.45, 2.75) is 13.8 Å². The van der Waals surface area contributed by atoms with Gasteiger partial charge in [0.25, 0.3) is 5.91 Å². The zero-order chi connectivity index (χ0) is 13.7. The molecule has 0 fully saturated rings. The van der Waals surface area contributed by atoms with Gasteiger partial charge in [0.15, 0.2) is 0 Å². The summed E-state index contributed by atoms with van der Waals surface area (Å²) in [5, 5.41) is 5.97. The van der Waals surface area contributed by atoms with Gasteiger partial charge in [-0.3, -0.25) is 14.8 Å². The minimum absolute atomic E-state index is 0.172. The number of nitrogens with one attached hydrogen (secondary N) is 2. The number of rotatable bonds is 4. The van der Waals surface area contributed by atoms with Crippen LogP contribution >= 0.6 is 0 Å². The Hall–Kier alpha value is -2.43. The van der Waals surface area contributed by atoms with Crippen LogP contribution in [0.1, 0.15) is 22.8 Å². The Labute approximate surface area is 112 Å². The second kappa shape index (κ2) is 5.95. The maximum absolute atomic E-state index is 12.3. The van der Waals surface area contributed by atoms with Crippen LogP contribution in [0.2, 0.25) is 0 Å². The van der Waals surface area contributed by atoms with Crippen molar-refractivity contribution in [3.8, 4) is 0 Å². The highest BCUT2D eigenvalue weighted by Crippen LogP contribution is 2.17. The molecular formula is C14H16N4O. The van der Waals surface area contributed by atoms with Crippen molar-refractivity contribution in [3.63, 3.8) is 0 Å². The zero-order valence-electron chi connectivity index (χ0n) is 11.0. The molecule has 5 heteroatoms. The predicted molar refractivity (Wildman–Crippen MR) is 75.3 cm³/mol. The van der Waals surface area contributed by atoms with Crippen LogP contribution in [0, 0.1) is 6.92 Å². The van der Waals surface area contributed by atoms with Gasteiger partial charge in [0.2, 0.25) is 0 Å². The molecule has 2 aromatic rings. The molecule has 0 saturated carbocycles. The van der Waals surface area contributed by atoms with Crippen molar-refractivity contribution in [2.75, 3.05) is 17.2 Å². The van der Waals surface area contributed by atoms with E-state index in [1.54, 1.807) is 30.9 Å². The highest BCUT2D eigenvalue weighted by atomic mass is 16.1. The highest BCUT2D eigenvalue weighted by molar-refractivity contribution is 6.08. The van der Waals surface area contributed by atoms with Crippen LogP contribution in [0.5, 0.6) is 0 Å². The number of anilines is 2. The predicted octanol–water partition coefficient (Wildman–Crippen LogP) is 2.47. The minimum atomic E-state index is -0.172. The first-order valence-electron chi connectivity index (χ1n) is 6.12. The third kappa shape index (κ3) is 3.07. The van der Waals surface area contributed by atoms with Gasteiger partial charge in [0.05, 0.1) is 29.3 Å². The smallest absolute Gasteiger partial charge is 0.257 e. The Bertz CT molecular complexity index is 583. The number of pyridine rings is 2. The molecule has 0 aliphatic heterocycles. The monoisotopic (exact) mass is 256 g/mol. The van der Waals surface area contributed by atoms with Crippen molar-refractivity contribution in [1.82, 2.24) is 9.97 Å². The first kappa shape index (κ1) is 13.0. The molecule has 2 aromatic heterocycles. The molecule has 0 bridgehead atoms. The Morgan fingerprint density at radius 1 is 1.16 bits per heavy atom. The average Bonchev–Trinajstić information content (AvgIpc) is 2.42. The standard InChI is InChI=1S/C14H16N4O/c1-3-17-13-9-16-7-5-11(13)14(19)18-12-8-15-6-4-10(12)2/h4-9,17H,3H2,1-2H3,(H,18,19). The fourth-order valence-electron chi connectivity index (χ4n) is 1.71. The molecule has 19 heavy (non-hydrogen) atoms. The van der Waals surface area contributed by atoms with E-state index in [0.717, 1.165) is 17.8 Å². The summed E-state index contributed by atoms with van der Waals surface area (Å²) in [5.74, 6) is -0.172. The van der Waals surface area contributed by atoms with Gasteiger partial charge in [0.1, 0.15) is 0 Å². The Morgan fingerprint density at radius 3 is 2.53 bits per heavy atom. The van der Waals surface area contributed by atoms with E-state index in [-0.39, 0.29) is 5.91 Å². The SMILES string of the molecule is CCNc1cnccc1C(=O)Nc1cnccc1C. The van der Waals surface area contributed by atoms with Crippen LogP contribution < -0.4 is 10.6 Å². The van der Waals surface area contributed by atoms with Crippen LogP contribution in [-0.2, 0) is 0 Å². The summed E-state index contributed by atoms with van der Waals surface area (Å²) in [6.45, 7) is 4.63. The van der Waals surface area contributed by atoms with Gasteiger partial charge < -0.3 is 10.6 Å². The number of aromatic nitrogens is 2. The van der Waals surface area contributed by atoms with Gasteiger partial charge in [-0.15, -0.1) is 0 Å². The molecule has 0 spiro atoms. The lowest BCUT2D eigenvalue weighted by Gasteiger charge is -2.11. The van der Waals surface area contributed by atoms with Crippen molar-refractivity contribution in [1.29, 1.82) is 0 Å². The summed E-state index contributed by atoms with van der Waals surface area (Å²) in [6.07, 6.45) is 6.59. The summed E-state index contributed by atoms with van der Waals surface area (Å²) in [6, 6.07) is 3.55. The summed E-state index contributed by atoms with van der Waals surface area (Å²) in [4.78, 5) is 20.3. The first-order chi connectivity index (χ1) is 9.22. The Kier molecular flexibility index (Phi) is 4.07. The molecule has 0 aliphatic carbocycles. The lowest BCUT2D eigenvalue weighted by Crippen LogP contribution is -2.15. The second-order valence-corrected chi connectivity index (χ2v) is 4.10. The second-order valence-electron chi connectivity index (χ2n) is 4.10. The van der Waals surface area contributed by atoms with Gasteiger partial charge in [-0.05, 0) is 31.5 Å². The molecule has 2 N–H and O–H groups in total. The van der Waals surface area contributed by atoms with E-state index >= 15 is 0 Å². The maximum atomic E-state index is 12.3. The van der Waals surface area contributed by atoms with Gasteiger partial charge in [0, 0.05) is 18.9 Å². The van der Waals surface area contributed by atoms with Crippen molar-refractivity contribution in [2.24, 2.45) is 0 Å². The van der Waals surface area contributed by atoms with Gasteiger partial charge >= 0.3 is 0 Å². The van der Waals surface area contributed by atoms with E-state index in [2.05, 4.69) is 20.6 Å². The summed E-state index contributed by atoms with van der Waals surface area (Å²) < 4.78 is 0. The fraction of sp³-hybridized carbons (Fsp3) is 0.214. The topological polar surface area (TPSA) is 66.9 Å². The third-order valence-corrected chi connectivity index (χ3v) is 2.72. The van der Waals surface area contributed by atoms with Crippen molar-refractivity contribution in [3.05, 3.63) is 48.0 Å². The van der Waals surface area contributed by atoms with Crippen LogP contribution in [-0.4, -0.2) is 22.4 Å². The lowest BCUT2D eigenvalue weighted by atomic mass is 10.2. The van der Waals surface area contributed by atoms with Crippen LogP contribution in [0.15, 0.2) is 36.9 Å². The van der Waals surface area contributed by atoms with Crippen LogP contribution in [0.25, 0.3) is 0 Å². The van der Waals surface area contributed by atoms with E-state index in [4.69, 9.17) is 0 Å². The summed E-state index contributed by atoms with van der Waals surface area (Å²) >= 11 is 0. The molecule has 0 atom stereocenters. The largest absolute Gasteiger partial charge is 0.383 e. The van der Waals surface area contributed by atoms with Crippen molar-refractivity contribution < 1.29 is 4.79 Å². The molecule has 0 aliphatic rings. The number of carbonyl (C=O) groups excluding carboxylic acids is 1. The van der Waals surface area contributed by atoms with Gasteiger partial charge in [-0.2, -0.15) is 0 Å².